The summed E-state index contributed by atoms with van der Waals surface area (Å²) in [5.41, 5.74) is 4.00. The van der Waals surface area contributed by atoms with Crippen molar-refractivity contribution < 1.29 is 9.59 Å². The number of nitrogens with one attached hydrogen (secondary N) is 1. The van der Waals surface area contributed by atoms with Gasteiger partial charge in [-0.2, -0.15) is 0 Å². The van der Waals surface area contributed by atoms with Crippen molar-refractivity contribution in [3.63, 3.8) is 0 Å². The van der Waals surface area contributed by atoms with E-state index in [4.69, 9.17) is 11.6 Å². The van der Waals surface area contributed by atoms with Crippen LogP contribution in [-0.4, -0.2) is 31.9 Å². The molecule has 0 saturated heterocycles. The maximum absolute atomic E-state index is 13.6. The van der Waals surface area contributed by atoms with E-state index in [-0.39, 0.29) is 23.4 Å². The average molecular weight is 517 g/mol. The molecule has 1 amide bonds. The highest BCUT2D eigenvalue weighted by atomic mass is 35.5. The number of pyridine rings is 1. The number of carbonyl (C=O) groups is 2. The molecule has 2 aromatic carbocycles. The summed E-state index contributed by atoms with van der Waals surface area (Å²) in [6.07, 6.45) is 5.04. The third-order valence-corrected chi connectivity index (χ3v) is 7.47. The molecule has 0 aliphatic heterocycles. The van der Waals surface area contributed by atoms with E-state index in [1.807, 2.05) is 34.9 Å². The van der Waals surface area contributed by atoms with Crippen LogP contribution in [0.1, 0.15) is 59.0 Å². The number of imidazole rings is 1. The highest BCUT2D eigenvalue weighted by Gasteiger charge is 2.25. The van der Waals surface area contributed by atoms with E-state index >= 15 is 0 Å². The van der Waals surface area contributed by atoms with Gasteiger partial charge in [0.05, 0.1) is 33.0 Å². The lowest BCUT2D eigenvalue weighted by Gasteiger charge is -2.29. The van der Waals surface area contributed by atoms with Crippen LogP contribution < -0.4 is 11.0 Å². The summed E-state index contributed by atoms with van der Waals surface area (Å²) >= 11 is 6.03. The molecule has 2 heterocycles. The maximum Gasteiger partial charge on any atom is 0.333 e. The number of hydrogen-bond donors (Lipinski definition) is 1. The Hall–Kier alpha value is -3.71. The Morgan fingerprint density at radius 2 is 1.76 bits per heavy atom. The molecular weight excluding hydrogens is 488 g/mol. The van der Waals surface area contributed by atoms with Crippen molar-refractivity contribution in [3.8, 4) is 5.69 Å². The van der Waals surface area contributed by atoms with Crippen molar-refractivity contribution in [2.45, 2.75) is 52.1 Å². The molecular formula is C29H29ClN4O3. The van der Waals surface area contributed by atoms with Gasteiger partial charge in [-0.05, 0) is 75.8 Å². The van der Waals surface area contributed by atoms with Crippen molar-refractivity contribution in [1.29, 1.82) is 0 Å². The van der Waals surface area contributed by atoms with Gasteiger partial charge in [-0.1, -0.05) is 35.9 Å². The predicted octanol–water partition coefficient (Wildman–Crippen LogP) is 5.34. The van der Waals surface area contributed by atoms with Crippen molar-refractivity contribution in [2.24, 2.45) is 5.92 Å². The maximum atomic E-state index is 13.6. The minimum atomic E-state index is -0.150. The molecule has 0 atom stereocenters. The van der Waals surface area contributed by atoms with Crippen molar-refractivity contribution >= 4 is 34.3 Å². The smallest absolute Gasteiger partial charge is 0.333 e. The van der Waals surface area contributed by atoms with E-state index in [2.05, 4.69) is 10.3 Å². The second-order valence-corrected chi connectivity index (χ2v) is 10.2. The Bertz CT molecular complexity index is 1550. The zero-order valence-corrected chi connectivity index (χ0v) is 21.7. The molecule has 1 saturated carbocycles. The molecule has 2 aromatic heterocycles. The number of carbonyl (C=O) groups excluding carboxylic acids is 2. The zero-order chi connectivity index (χ0) is 26.1. The first-order valence-electron chi connectivity index (χ1n) is 12.6. The molecule has 8 heteroatoms. The van der Waals surface area contributed by atoms with E-state index in [0.29, 0.717) is 40.0 Å². The minimum Gasteiger partial charge on any atom is -0.349 e. The van der Waals surface area contributed by atoms with Gasteiger partial charge >= 0.3 is 5.69 Å². The number of rotatable bonds is 6. The quantitative estimate of drug-likeness (QED) is 0.350. The first-order chi connectivity index (χ1) is 17.8. The summed E-state index contributed by atoms with van der Waals surface area (Å²) in [4.78, 5) is 42.5. The van der Waals surface area contributed by atoms with Crippen LogP contribution in [-0.2, 0) is 6.54 Å². The molecule has 0 unspecified atom stereocenters. The largest absolute Gasteiger partial charge is 0.349 e. The number of benzene rings is 2. The fourth-order valence-corrected chi connectivity index (χ4v) is 5.40. The molecule has 0 spiro atoms. The number of para-hydroxylation sites is 2. The van der Waals surface area contributed by atoms with Crippen LogP contribution in [0.5, 0.6) is 0 Å². The van der Waals surface area contributed by atoms with Crippen molar-refractivity contribution in [1.82, 2.24) is 19.4 Å². The van der Waals surface area contributed by atoms with E-state index < -0.39 is 0 Å². The van der Waals surface area contributed by atoms with Crippen LogP contribution in [0.3, 0.4) is 0 Å². The lowest BCUT2D eigenvalue weighted by atomic mass is 9.85. The number of hydrogen-bond acceptors (Lipinski definition) is 4. The van der Waals surface area contributed by atoms with Gasteiger partial charge in [0.25, 0.3) is 5.91 Å². The van der Waals surface area contributed by atoms with Gasteiger partial charge in [0, 0.05) is 24.3 Å². The number of amides is 1. The number of ketones is 1. The Morgan fingerprint density at radius 3 is 2.49 bits per heavy atom. The van der Waals surface area contributed by atoms with E-state index in [9.17, 15) is 14.4 Å². The molecule has 190 valence electrons. The molecule has 7 nitrogen and oxygen atoms in total. The highest BCUT2D eigenvalue weighted by molar-refractivity contribution is 6.30. The third kappa shape index (κ3) is 5.09. The van der Waals surface area contributed by atoms with Gasteiger partial charge in [0.15, 0.2) is 5.78 Å². The van der Waals surface area contributed by atoms with Gasteiger partial charge in [-0.3, -0.25) is 23.7 Å². The second-order valence-electron chi connectivity index (χ2n) is 9.80. The second kappa shape index (κ2) is 10.3. The Labute approximate surface area is 220 Å². The molecule has 1 aliphatic rings. The number of halogens is 1. The van der Waals surface area contributed by atoms with Gasteiger partial charge < -0.3 is 5.32 Å². The molecule has 37 heavy (non-hydrogen) atoms. The molecule has 1 aliphatic carbocycles. The monoisotopic (exact) mass is 516 g/mol. The van der Waals surface area contributed by atoms with Crippen LogP contribution in [0.25, 0.3) is 16.7 Å². The summed E-state index contributed by atoms with van der Waals surface area (Å²) in [6.45, 7) is 3.93. The fraction of sp³-hybridized carbons (Fsp3) is 0.310. The Balaban J connectivity index is 1.33. The third-order valence-electron chi connectivity index (χ3n) is 7.27. The summed E-state index contributed by atoms with van der Waals surface area (Å²) in [5, 5.41) is 3.57. The molecule has 0 radical (unpaired) electrons. The van der Waals surface area contributed by atoms with Crippen molar-refractivity contribution in [2.75, 3.05) is 0 Å². The van der Waals surface area contributed by atoms with E-state index in [0.717, 1.165) is 36.7 Å². The molecule has 0 bridgehead atoms. The van der Waals surface area contributed by atoms with Gasteiger partial charge in [0.2, 0.25) is 0 Å². The van der Waals surface area contributed by atoms with Crippen LogP contribution in [0.4, 0.5) is 0 Å². The SMILES string of the molecule is CC(=O)c1cccc(-n2c(=O)n(CC3CCC(NC(=O)c4cc(Cl)cnc4C)CC3)c3ccccc32)c1. The standard InChI is InChI=1S/C29H29ClN4O3/c1-18-25(15-22(30)16-31-18)28(36)32-23-12-10-20(11-13-23)17-33-26-8-3-4-9-27(26)34(29(33)37)24-7-5-6-21(14-24)19(2)35/h3-9,14-16,20,23H,10-13,17H2,1-2H3,(H,32,36). The molecule has 5 rings (SSSR count). The summed E-state index contributed by atoms with van der Waals surface area (Å²) in [6, 6.07) is 16.7. The van der Waals surface area contributed by atoms with Crippen LogP contribution >= 0.6 is 11.6 Å². The number of nitrogens with zero attached hydrogens (tertiary/aromatic N) is 3. The topological polar surface area (TPSA) is 86.0 Å². The molecule has 4 aromatic rings. The number of aryl methyl sites for hydroxylation is 1. The Kier molecular flexibility index (Phi) is 6.98. The van der Waals surface area contributed by atoms with Gasteiger partial charge in [-0.25, -0.2) is 4.79 Å². The zero-order valence-electron chi connectivity index (χ0n) is 20.9. The number of aromatic nitrogens is 3. The lowest BCUT2D eigenvalue weighted by molar-refractivity contribution is 0.0918. The van der Waals surface area contributed by atoms with E-state index in [1.165, 1.54) is 13.1 Å². The lowest BCUT2D eigenvalue weighted by Crippen LogP contribution is -2.39. The van der Waals surface area contributed by atoms with Gasteiger partial charge in [-0.15, -0.1) is 0 Å². The summed E-state index contributed by atoms with van der Waals surface area (Å²) in [5.74, 6) is 0.135. The predicted molar refractivity (Wildman–Crippen MR) is 145 cm³/mol. The highest BCUT2D eigenvalue weighted by Crippen LogP contribution is 2.28. The van der Waals surface area contributed by atoms with Crippen LogP contribution in [0.15, 0.2) is 65.6 Å². The van der Waals surface area contributed by atoms with Crippen LogP contribution in [0.2, 0.25) is 5.02 Å². The first-order valence-corrected chi connectivity index (χ1v) is 12.9. The fourth-order valence-electron chi connectivity index (χ4n) is 5.25. The molecule has 1 fully saturated rings. The Morgan fingerprint density at radius 1 is 1.03 bits per heavy atom. The van der Waals surface area contributed by atoms with Gasteiger partial charge in [0.1, 0.15) is 0 Å². The van der Waals surface area contributed by atoms with Crippen molar-refractivity contribution in [3.05, 3.63) is 93.1 Å². The van der Waals surface area contributed by atoms with E-state index in [1.54, 1.807) is 35.8 Å². The molecule has 1 N–H and O–H groups in total. The number of fused-ring (bicyclic) bond motifs is 1. The minimum absolute atomic E-state index is 0.0377. The van der Waals surface area contributed by atoms with Crippen LogP contribution in [0, 0.1) is 12.8 Å². The first kappa shape index (κ1) is 25.0. The average Bonchev–Trinajstić information content (AvgIpc) is 3.17. The summed E-state index contributed by atoms with van der Waals surface area (Å²) < 4.78 is 3.54. The normalized spacial score (nSPS) is 17.6. The number of Topliss-reactive ketones (excluding diaryl/α,β-unsaturated/α-hetero) is 1. The summed E-state index contributed by atoms with van der Waals surface area (Å²) in [7, 11) is 0.